The molecule has 1 heteroatoms. The van der Waals surface area contributed by atoms with Crippen LogP contribution < -0.4 is 0 Å². The standard InChI is InChI=1S/C22H21N/c1-4-22(2,20-14-6-5-7-15-20)23(3)17-19-13-10-12-18-11-8-9-16-21(18)19/h1,5-16H,17H2,2-3H3. The Labute approximate surface area is 138 Å². The Morgan fingerprint density at radius 2 is 1.57 bits per heavy atom. The molecule has 0 aliphatic carbocycles. The first-order valence-electron chi connectivity index (χ1n) is 7.86. The molecule has 0 heterocycles. The second-order valence-electron chi connectivity index (χ2n) is 6.08. The van der Waals surface area contributed by atoms with E-state index in [1.165, 1.54) is 16.3 Å². The third-order valence-electron chi connectivity index (χ3n) is 4.67. The van der Waals surface area contributed by atoms with E-state index < -0.39 is 5.54 Å². The van der Waals surface area contributed by atoms with Crippen LogP contribution in [-0.4, -0.2) is 11.9 Å². The number of rotatable bonds is 4. The van der Waals surface area contributed by atoms with Crippen molar-refractivity contribution in [3.63, 3.8) is 0 Å². The van der Waals surface area contributed by atoms with Gasteiger partial charge in [-0.2, -0.15) is 0 Å². The topological polar surface area (TPSA) is 3.24 Å². The summed E-state index contributed by atoms with van der Waals surface area (Å²) in [6, 6.07) is 25.2. The van der Waals surface area contributed by atoms with Crippen LogP contribution in [0.3, 0.4) is 0 Å². The predicted octanol–water partition coefficient (Wildman–Crippen LogP) is 4.82. The van der Waals surface area contributed by atoms with Crippen molar-refractivity contribution >= 4 is 10.8 Å². The van der Waals surface area contributed by atoms with Gasteiger partial charge in [-0.3, -0.25) is 4.90 Å². The summed E-state index contributed by atoms with van der Waals surface area (Å²) >= 11 is 0. The summed E-state index contributed by atoms with van der Waals surface area (Å²) < 4.78 is 0. The minimum absolute atomic E-state index is 0.432. The van der Waals surface area contributed by atoms with Crippen molar-refractivity contribution in [1.29, 1.82) is 0 Å². The first-order valence-corrected chi connectivity index (χ1v) is 7.86. The molecule has 23 heavy (non-hydrogen) atoms. The zero-order valence-corrected chi connectivity index (χ0v) is 13.7. The van der Waals surface area contributed by atoms with E-state index in [0.717, 1.165) is 12.1 Å². The normalized spacial score (nSPS) is 13.7. The van der Waals surface area contributed by atoms with E-state index in [9.17, 15) is 0 Å². The summed E-state index contributed by atoms with van der Waals surface area (Å²) in [4.78, 5) is 2.24. The van der Waals surface area contributed by atoms with Gasteiger partial charge >= 0.3 is 0 Å². The van der Waals surface area contributed by atoms with Crippen LogP contribution in [0.1, 0.15) is 18.1 Å². The SMILES string of the molecule is C#CC(C)(c1ccccc1)N(C)Cc1cccc2ccccc12. The minimum Gasteiger partial charge on any atom is -0.283 e. The Balaban J connectivity index is 1.97. The zero-order valence-electron chi connectivity index (χ0n) is 13.7. The molecule has 0 saturated carbocycles. The molecule has 114 valence electrons. The van der Waals surface area contributed by atoms with E-state index in [-0.39, 0.29) is 0 Å². The number of nitrogens with zero attached hydrogens (tertiary/aromatic N) is 1. The Hall–Kier alpha value is -2.56. The van der Waals surface area contributed by atoms with Gasteiger partial charge in [0.25, 0.3) is 0 Å². The van der Waals surface area contributed by atoms with Crippen LogP contribution in [0, 0.1) is 12.3 Å². The van der Waals surface area contributed by atoms with Gasteiger partial charge in [-0.05, 0) is 35.9 Å². The molecule has 0 aromatic heterocycles. The lowest BCUT2D eigenvalue weighted by atomic mass is 9.90. The fraction of sp³-hybridized carbons (Fsp3) is 0.182. The molecule has 1 nitrogen and oxygen atoms in total. The molecule has 0 aliphatic rings. The number of benzene rings is 3. The fourth-order valence-electron chi connectivity index (χ4n) is 3.02. The minimum atomic E-state index is -0.432. The highest BCUT2D eigenvalue weighted by Gasteiger charge is 2.29. The lowest BCUT2D eigenvalue weighted by Gasteiger charge is -2.35. The molecule has 0 radical (unpaired) electrons. The van der Waals surface area contributed by atoms with Crippen LogP contribution in [0.25, 0.3) is 10.8 Å². The van der Waals surface area contributed by atoms with Crippen molar-refractivity contribution in [2.45, 2.75) is 19.0 Å². The Bertz CT molecular complexity index is 839. The number of fused-ring (bicyclic) bond motifs is 1. The number of hydrogen-bond acceptors (Lipinski definition) is 1. The fourth-order valence-corrected chi connectivity index (χ4v) is 3.02. The Kier molecular flexibility index (Phi) is 4.19. The molecular formula is C22H21N. The van der Waals surface area contributed by atoms with Gasteiger partial charge in [-0.25, -0.2) is 0 Å². The summed E-state index contributed by atoms with van der Waals surface area (Å²) in [6.45, 7) is 2.91. The molecule has 0 aliphatic heterocycles. The highest BCUT2D eigenvalue weighted by molar-refractivity contribution is 5.85. The van der Waals surface area contributed by atoms with Gasteiger partial charge in [-0.1, -0.05) is 78.7 Å². The van der Waals surface area contributed by atoms with Crippen molar-refractivity contribution in [3.05, 3.63) is 83.9 Å². The number of hydrogen-bond donors (Lipinski definition) is 0. The largest absolute Gasteiger partial charge is 0.283 e. The van der Waals surface area contributed by atoms with E-state index in [1.54, 1.807) is 0 Å². The molecule has 3 rings (SSSR count). The first kappa shape index (κ1) is 15.3. The van der Waals surface area contributed by atoms with Crippen molar-refractivity contribution in [2.75, 3.05) is 7.05 Å². The van der Waals surface area contributed by atoms with Crippen molar-refractivity contribution < 1.29 is 0 Å². The van der Waals surface area contributed by atoms with Gasteiger partial charge in [0.2, 0.25) is 0 Å². The molecule has 0 spiro atoms. The summed E-state index contributed by atoms with van der Waals surface area (Å²) in [5.41, 5.74) is 2.01. The van der Waals surface area contributed by atoms with E-state index in [1.807, 2.05) is 18.2 Å². The van der Waals surface area contributed by atoms with E-state index >= 15 is 0 Å². The molecule has 0 amide bonds. The first-order chi connectivity index (χ1) is 11.1. The summed E-state index contributed by atoms with van der Waals surface area (Å²) in [7, 11) is 2.09. The van der Waals surface area contributed by atoms with Crippen LogP contribution in [0.2, 0.25) is 0 Å². The quantitative estimate of drug-likeness (QED) is 0.624. The molecule has 0 N–H and O–H groups in total. The van der Waals surface area contributed by atoms with Gasteiger partial charge in [-0.15, -0.1) is 6.42 Å². The highest BCUT2D eigenvalue weighted by Crippen LogP contribution is 2.29. The second kappa shape index (κ2) is 6.28. The second-order valence-corrected chi connectivity index (χ2v) is 6.08. The average Bonchev–Trinajstić information content (AvgIpc) is 2.62. The lowest BCUT2D eigenvalue weighted by molar-refractivity contribution is 0.188. The molecule has 0 saturated heterocycles. The molecule has 0 fully saturated rings. The van der Waals surface area contributed by atoms with Crippen molar-refractivity contribution in [2.24, 2.45) is 0 Å². The van der Waals surface area contributed by atoms with Gasteiger partial charge in [0.05, 0.1) is 0 Å². The molecular weight excluding hydrogens is 278 g/mol. The summed E-state index contributed by atoms with van der Waals surface area (Å²) in [5.74, 6) is 2.99. The van der Waals surface area contributed by atoms with Crippen LogP contribution in [0.5, 0.6) is 0 Å². The average molecular weight is 299 g/mol. The van der Waals surface area contributed by atoms with Crippen LogP contribution in [0.15, 0.2) is 72.8 Å². The third-order valence-corrected chi connectivity index (χ3v) is 4.67. The lowest BCUT2D eigenvalue weighted by Crippen LogP contribution is -2.39. The van der Waals surface area contributed by atoms with Crippen LogP contribution >= 0.6 is 0 Å². The van der Waals surface area contributed by atoms with Crippen LogP contribution in [-0.2, 0) is 12.1 Å². The van der Waals surface area contributed by atoms with Crippen molar-refractivity contribution in [1.82, 2.24) is 4.90 Å². The molecule has 0 bridgehead atoms. The molecule has 3 aromatic rings. The Morgan fingerprint density at radius 1 is 0.913 bits per heavy atom. The van der Waals surface area contributed by atoms with Gasteiger partial charge in [0, 0.05) is 6.54 Å². The van der Waals surface area contributed by atoms with Gasteiger partial charge < -0.3 is 0 Å². The maximum absolute atomic E-state index is 5.91. The highest BCUT2D eigenvalue weighted by atomic mass is 15.2. The van der Waals surface area contributed by atoms with E-state index in [0.29, 0.717) is 0 Å². The molecule has 1 unspecified atom stereocenters. The number of terminal acetylenes is 1. The summed E-state index contributed by atoms with van der Waals surface area (Å²) in [5, 5.41) is 2.55. The maximum Gasteiger partial charge on any atom is 0.105 e. The van der Waals surface area contributed by atoms with Gasteiger partial charge in [0.1, 0.15) is 5.54 Å². The monoisotopic (exact) mass is 299 g/mol. The predicted molar refractivity (Wildman–Crippen MR) is 98.0 cm³/mol. The summed E-state index contributed by atoms with van der Waals surface area (Å²) in [6.07, 6.45) is 5.91. The third kappa shape index (κ3) is 2.86. The van der Waals surface area contributed by atoms with E-state index in [4.69, 9.17) is 6.42 Å². The van der Waals surface area contributed by atoms with E-state index in [2.05, 4.69) is 79.4 Å². The maximum atomic E-state index is 5.91. The van der Waals surface area contributed by atoms with Gasteiger partial charge in [0.15, 0.2) is 0 Å². The Morgan fingerprint density at radius 3 is 2.30 bits per heavy atom. The molecule has 1 atom stereocenters. The van der Waals surface area contributed by atoms with Crippen LogP contribution in [0.4, 0.5) is 0 Å². The zero-order chi connectivity index (χ0) is 16.3. The van der Waals surface area contributed by atoms with Crippen molar-refractivity contribution in [3.8, 4) is 12.3 Å². The smallest absolute Gasteiger partial charge is 0.105 e. The molecule has 3 aromatic carbocycles.